The van der Waals surface area contributed by atoms with Crippen LogP contribution in [0.1, 0.15) is 68.2 Å². The molecule has 0 unspecified atom stereocenters. The van der Waals surface area contributed by atoms with Crippen LogP contribution >= 0.6 is 0 Å². The van der Waals surface area contributed by atoms with Gasteiger partial charge >= 0.3 is 0 Å². The number of amides is 1. The van der Waals surface area contributed by atoms with Gasteiger partial charge in [0.25, 0.3) is 0 Å². The first-order valence-corrected chi connectivity index (χ1v) is 6.01. The van der Waals surface area contributed by atoms with Crippen LogP contribution in [-0.2, 0) is 4.79 Å². The zero-order valence-electron chi connectivity index (χ0n) is 11.5. The van der Waals surface area contributed by atoms with Gasteiger partial charge in [0.1, 0.15) is 0 Å². The van der Waals surface area contributed by atoms with Crippen molar-refractivity contribution in [1.82, 2.24) is 5.32 Å². The van der Waals surface area contributed by atoms with Crippen molar-refractivity contribution >= 4 is 5.91 Å². The number of carbonyl (C=O) groups excluding carboxylic acids is 1. The molecular formula is C12H31NO. The fourth-order valence-electron chi connectivity index (χ4n) is 0.441. The molecule has 0 bridgehead atoms. The van der Waals surface area contributed by atoms with Crippen molar-refractivity contribution < 1.29 is 4.79 Å². The average Bonchev–Trinajstić information content (AvgIpc) is 2.27. The molecule has 0 heterocycles. The summed E-state index contributed by atoms with van der Waals surface area (Å²) in [6.45, 7) is 16.5. The molecule has 0 rings (SSSR count). The van der Waals surface area contributed by atoms with Gasteiger partial charge in [-0.05, 0) is 6.42 Å². The number of carbonyl (C=O) groups is 1. The minimum absolute atomic E-state index is 0.0680. The van der Waals surface area contributed by atoms with Crippen molar-refractivity contribution in [3.63, 3.8) is 0 Å². The van der Waals surface area contributed by atoms with E-state index in [1.54, 1.807) is 0 Å². The summed E-state index contributed by atoms with van der Waals surface area (Å²) in [5.74, 6) is 0.0680. The van der Waals surface area contributed by atoms with Gasteiger partial charge < -0.3 is 5.32 Å². The lowest BCUT2D eigenvalue weighted by molar-refractivity contribution is -0.118. The highest BCUT2D eigenvalue weighted by molar-refractivity contribution is 5.72. The third-order valence-electron chi connectivity index (χ3n) is 0.904. The minimum atomic E-state index is 0.0680. The van der Waals surface area contributed by atoms with Gasteiger partial charge in [0.05, 0.1) is 0 Å². The first-order valence-electron chi connectivity index (χ1n) is 6.01. The van der Waals surface area contributed by atoms with Gasteiger partial charge in [0.15, 0.2) is 0 Å². The second kappa shape index (κ2) is 39.2. The van der Waals surface area contributed by atoms with E-state index in [0.717, 1.165) is 19.4 Å². The van der Waals surface area contributed by atoms with E-state index >= 15 is 0 Å². The van der Waals surface area contributed by atoms with Gasteiger partial charge in [-0.25, -0.2) is 0 Å². The molecule has 0 aliphatic heterocycles. The summed E-state index contributed by atoms with van der Waals surface area (Å²) in [6.07, 6.45) is 2.22. The smallest absolute Gasteiger partial charge is 0.216 e. The minimum Gasteiger partial charge on any atom is -0.356 e. The number of nitrogens with one attached hydrogen (secondary N) is 1. The average molecular weight is 205 g/mol. The van der Waals surface area contributed by atoms with E-state index in [1.807, 2.05) is 41.5 Å². The Balaban J connectivity index is -0.0000000708. The van der Waals surface area contributed by atoms with Crippen LogP contribution in [-0.4, -0.2) is 12.5 Å². The summed E-state index contributed by atoms with van der Waals surface area (Å²) in [6, 6.07) is 0. The fourth-order valence-corrected chi connectivity index (χ4v) is 0.441. The molecule has 1 N–H and O–H groups in total. The molecule has 2 heteroatoms. The highest BCUT2D eigenvalue weighted by atomic mass is 16.1. The van der Waals surface area contributed by atoms with Gasteiger partial charge in [-0.3, -0.25) is 4.79 Å². The van der Waals surface area contributed by atoms with Crippen LogP contribution in [0.5, 0.6) is 0 Å². The van der Waals surface area contributed by atoms with Crippen LogP contribution in [0.3, 0.4) is 0 Å². The van der Waals surface area contributed by atoms with Crippen molar-refractivity contribution in [1.29, 1.82) is 0 Å². The summed E-state index contributed by atoms with van der Waals surface area (Å²) in [5.41, 5.74) is 0. The van der Waals surface area contributed by atoms with Crippen LogP contribution in [0, 0.1) is 0 Å². The van der Waals surface area contributed by atoms with Gasteiger partial charge in [0, 0.05) is 13.5 Å². The molecule has 0 atom stereocenters. The normalized spacial score (nSPS) is 6.29. The molecule has 90 valence electrons. The molecule has 0 aliphatic rings. The summed E-state index contributed by atoms with van der Waals surface area (Å²) in [5, 5.41) is 2.71. The summed E-state index contributed by atoms with van der Waals surface area (Å²) >= 11 is 0. The molecule has 0 fully saturated rings. The summed E-state index contributed by atoms with van der Waals surface area (Å²) in [7, 11) is 0. The van der Waals surface area contributed by atoms with Crippen LogP contribution in [0.15, 0.2) is 0 Å². The van der Waals surface area contributed by atoms with E-state index in [9.17, 15) is 4.79 Å². The van der Waals surface area contributed by atoms with Crippen molar-refractivity contribution in [2.45, 2.75) is 68.2 Å². The van der Waals surface area contributed by atoms with Gasteiger partial charge in [0.2, 0.25) is 5.91 Å². The molecule has 0 aromatic heterocycles. The Kier molecular flexibility index (Phi) is 65.4. The number of unbranched alkanes of at least 4 members (excludes halogenated alkanes) is 1. The van der Waals surface area contributed by atoms with E-state index in [2.05, 4.69) is 12.2 Å². The molecule has 0 aromatic rings. The lowest BCUT2D eigenvalue weighted by Gasteiger charge is -1.96. The highest BCUT2D eigenvalue weighted by Crippen LogP contribution is 1.80. The quantitative estimate of drug-likeness (QED) is 0.693. The molecule has 1 amide bonds. The topological polar surface area (TPSA) is 29.1 Å². The maximum atomic E-state index is 10.2. The van der Waals surface area contributed by atoms with Crippen LogP contribution in [0.4, 0.5) is 0 Å². The van der Waals surface area contributed by atoms with E-state index in [-0.39, 0.29) is 5.91 Å². The van der Waals surface area contributed by atoms with Crippen LogP contribution in [0.2, 0.25) is 0 Å². The number of hydrogen-bond acceptors (Lipinski definition) is 1. The Morgan fingerprint density at radius 1 is 1.00 bits per heavy atom. The Morgan fingerprint density at radius 3 is 1.57 bits per heavy atom. The van der Waals surface area contributed by atoms with Gasteiger partial charge in [-0.15, -0.1) is 0 Å². The lowest BCUT2D eigenvalue weighted by atomic mass is 10.3. The predicted octanol–water partition coefficient (Wildman–Crippen LogP) is 4.00. The fraction of sp³-hybridized carbons (Fsp3) is 0.917. The Hall–Kier alpha value is -0.530. The maximum Gasteiger partial charge on any atom is 0.216 e. The maximum absolute atomic E-state index is 10.2. The predicted molar refractivity (Wildman–Crippen MR) is 67.6 cm³/mol. The third-order valence-corrected chi connectivity index (χ3v) is 0.904. The van der Waals surface area contributed by atoms with E-state index < -0.39 is 0 Å². The van der Waals surface area contributed by atoms with Crippen LogP contribution < -0.4 is 5.32 Å². The molecule has 0 saturated carbocycles. The summed E-state index contributed by atoms with van der Waals surface area (Å²) < 4.78 is 0. The Morgan fingerprint density at radius 2 is 1.36 bits per heavy atom. The molecule has 0 aromatic carbocycles. The SMILES string of the molecule is CC.CC.CC.CCCCNC(C)=O. The monoisotopic (exact) mass is 205 g/mol. The second-order valence-electron chi connectivity index (χ2n) is 1.84. The largest absolute Gasteiger partial charge is 0.356 e. The van der Waals surface area contributed by atoms with Crippen molar-refractivity contribution in [2.24, 2.45) is 0 Å². The third kappa shape index (κ3) is 62.9. The zero-order chi connectivity index (χ0) is 12.4. The zero-order valence-corrected chi connectivity index (χ0v) is 11.5. The molecule has 0 saturated heterocycles. The van der Waals surface area contributed by atoms with E-state index in [0.29, 0.717) is 0 Å². The van der Waals surface area contributed by atoms with E-state index in [4.69, 9.17) is 0 Å². The van der Waals surface area contributed by atoms with Crippen LogP contribution in [0.25, 0.3) is 0 Å². The number of rotatable bonds is 3. The number of hydrogen-bond donors (Lipinski definition) is 1. The molecule has 0 spiro atoms. The molecule has 0 radical (unpaired) electrons. The Labute approximate surface area is 91.5 Å². The van der Waals surface area contributed by atoms with Crippen molar-refractivity contribution in [3.05, 3.63) is 0 Å². The molecule has 0 aliphatic carbocycles. The van der Waals surface area contributed by atoms with Crippen molar-refractivity contribution in [2.75, 3.05) is 6.54 Å². The second-order valence-corrected chi connectivity index (χ2v) is 1.84. The lowest BCUT2D eigenvalue weighted by Crippen LogP contribution is -2.20. The van der Waals surface area contributed by atoms with Crippen molar-refractivity contribution in [3.8, 4) is 0 Å². The van der Waals surface area contributed by atoms with Gasteiger partial charge in [-0.1, -0.05) is 54.9 Å². The molecule has 14 heavy (non-hydrogen) atoms. The molecular weight excluding hydrogens is 174 g/mol. The first kappa shape index (κ1) is 23.4. The van der Waals surface area contributed by atoms with Gasteiger partial charge in [-0.2, -0.15) is 0 Å². The standard InChI is InChI=1S/C6H13NO.3C2H6/c1-3-4-5-7-6(2)8;3*1-2/h3-5H2,1-2H3,(H,7,8);3*1-2H3. The summed E-state index contributed by atoms with van der Waals surface area (Å²) in [4.78, 5) is 10.2. The Bertz CT molecular complexity index is 72.7. The first-order chi connectivity index (χ1) is 6.77. The highest BCUT2D eigenvalue weighted by Gasteiger charge is 1.85. The van der Waals surface area contributed by atoms with E-state index in [1.165, 1.54) is 6.92 Å². The molecule has 2 nitrogen and oxygen atoms in total.